The number of nitrogens with zero attached hydrogens (tertiary/aromatic N) is 4. The van der Waals surface area contributed by atoms with Crippen LogP contribution in [0.15, 0.2) is 30.0 Å². The highest BCUT2D eigenvalue weighted by molar-refractivity contribution is 5.79. The number of hydrogen-bond acceptors (Lipinski definition) is 4. The van der Waals surface area contributed by atoms with E-state index in [1.54, 1.807) is 25.1 Å². The molecule has 35 heavy (non-hydrogen) atoms. The fourth-order valence-corrected chi connectivity index (χ4v) is 4.76. The van der Waals surface area contributed by atoms with Crippen LogP contribution in [0.25, 0.3) is 15.3 Å². The van der Waals surface area contributed by atoms with E-state index in [0.717, 1.165) is 11.1 Å². The molecule has 2 aliphatic rings. The molecule has 2 aromatic rings. The number of rotatable bonds is 3. The van der Waals surface area contributed by atoms with Crippen molar-refractivity contribution in [2.45, 2.75) is 44.1 Å². The number of aryl methyl sites for hydroxylation is 2. The molecule has 4 rings (SSSR count). The summed E-state index contributed by atoms with van der Waals surface area (Å²) in [6.45, 7) is 15.8. The Morgan fingerprint density at radius 1 is 1.00 bits per heavy atom. The Balaban J connectivity index is 0.000000196. The van der Waals surface area contributed by atoms with Gasteiger partial charge in [-0.2, -0.15) is 5.26 Å². The van der Waals surface area contributed by atoms with Crippen molar-refractivity contribution in [3.05, 3.63) is 86.7 Å². The monoisotopic (exact) mass is 472 g/mol. The SMILES string of the molecule is [C-]#[N+]/C(C#N)=C1/CCc2ccc(OC)c(F)c21.[C-]#[N+]C(C#N)C1(C)CCc2ccc(OC)c(F)c21. The van der Waals surface area contributed by atoms with Gasteiger partial charge in [0.25, 0.3) is 5.70 Å². The molecule has 2 unspecified atom stereocenters. The van der Waals surface area contributed by atoms with Crippen molar-refractivity contribution in [2.75, 3.05) is 14.2 Å². The average molecular weight is 472 g/mol. The Bertz CT molecular complexity index is 1340. The van der Waals surface area contributed by atoms with Crippen molar-refractivity contribution < 1.29 is 18.3 Å². The maximum atomic E-state index is 14.4. The van der Waals surface area contributed by atoms with Crippen molar-refractivity contribution in [1.29, 1.82) is 10.5 Å². The predicted molar refractivity (Wildman–Crippen MR) is 125 cm³/mol. The van der Waals surface area contributed by atoms with Gasteiger partial charge in [-0.15, -0.1) is 0 Å². The fraction of sp³-hybridized carbons (Fsp3) is 0.333. The van der Waals surface area contributed by atoms with Crippen LogP contribution < -0.4 is 9.47 Å². The summed E-state index contributed by atoms with van der Waals surface area (Å²) in [6, 6.07) is 9.70. The molecule has 0 bridgehead atoms. The summed E-state index contributed by atoms with van der Waals surface area (Å²) in [5.41, 5.74) is 2.27. The molecule has 8 heteroatoms. The molecule has 0 heterocycles. The topological polar surface area (TPSA) is 74.8 Å². The van der Waals surface area contributed by atoms with Gasteiger partial charge in [0.05, 0.1) is 32.3 Å². The van der Waals surface area contributed by atoms with Gasteiger partial charge in [0, 0.05) is 11.1 Å². The first-order valence-corrected chi connectivity index (χ1v) is 10.8. The molecule has 176 valence electrons. The van der Waals surface area contributed by atoms with Crippen LogP contribution in [0.4, 0.5) is 8.78 Å². The van der Waals surface area contributed by atoms with Gasteiger partial charge < -0.3 is 9.47 Å². The van der Waals surface area contributed by atoms with E-state index in [1.165, 1.54) is 14.2 Å². The zero-order valence-corrected chi connectivity index (χ0v) is 19.6. The number of ether oxygens (including phenoxy) is 2. The highest BCUT2D eigenvalue weighted by atomic mass is 19.1. The summed E-state index contributed by atoms with van der Waals surface area (Å²) in [5, 5.41) is 17.9. The molecule has 0 fully saturated rings. The van der Waals surface area contributed by atoms with Gasteiger partial charge in [-0.05, 0) is 61.4 Å². The quantitative estimate of drug-likeness (QED) is 0.419. The van der Waals surface area contributed by atoms with Gasteiger partial charge >= 0.3 is 6.04 Å². The molecule has 2 aliphatic carbocycles. The molecule has 2 atom stereocenters. The van der Waals surface area contributed by atoms with E-state index in [-0.39, 0.29) is 17.2 Å². The molecule has 0 aromatic heterocycles. The first-order chi connectivity index (χ1) is 16.8. The summed E-state index contributed by atoms with van der Waals surface area (Å²) in [4.78, 5) is 6.48. The van der Waals surface area contributed by atoms with Crippen molar-refractivity contribution in [2.24, 2.45) is 0 Å². The molecule has 0 aliphatic heterocycles. The van der Waals surface area contributed by atoms with E-state index >= 15 is 0 Å². The Morgan fingerprint density at radius 2 is 1.63 bits per heavy atom. The van der Waals surface area contributed by atoms with Crippen LogP contribution in [0.1, 0.15) is 42.0 Å². The Kier molecular flexibility index (Phi) is 7.39. The first kappa shape index (κ1) is 25.2. The largest absolute Gasteiger partial charge is 0.494 e. The zero-order valence-electron chi connectivity index (χ0n) is 19.6. The molecule has 0 saturated heterocycles. The Morgan fingerprint density at radius 3 is 2.17 bits per heavy atom. The van der Waals surface area contributed by atoms with Crippen LogP contribution in [0.3, 0.4) is 0 Å². The minimum Gasteiger partial charge on any atom is -0.494 e. The van der Waals surface area contributed by atoms with Crippen LogP contribution in [-0.2, 0) is 18.3 Å². The lowest BCUT2D eigenvalue weighted by molar-refractivity contribution is 0.372. The maximum Gasteiger partial charge on any atom is 0.316 e. The van der Waals surface area contributed by atoms with E-state index in [1.807, 2.05) is 18.2 Å². The molecule has 0 saturated carbocycles. The van der Waals surface area contributed by atoms with Crippen molar-refractivity contribution in [3.8, 4) is 23.6 Å². The van der Waals surface area contributed by atoms with Gasteiger partial charge in [0.1, 0.15) is 0 Å². The van der Waals surface area contributed by atoms with Crippen molar-refractivity contribution in [1.82, 2.24) is 0 Å². The van der Waals surface area contributed by atoms with Crippen LogP contribution in [0, 0.1) is 47.4 Å². The van der Waals surface area contributed by atoms with E-state index in [9.17, 15) is 8.78 Å². The van der Waals surface area contributed by atoms with Crippen LogP contribution in [0.2, 0.25) is 0 Å². The van der Waals surface area contributed by atoms with Gasteiger partial charge in [-0.3, -0.25) is 4.85 Å². The molecular formula is C27H22F2N4O2. The lowest BCUT2D eigenvalue weighted by Gasteiger charge is -2.23. The van der Waals surface area contributed by atoms with Crippen LogP contribution in [0.5, 0.6) is 11.5 Å². The lowest BCUT2D eigenvalue weighted by Crippen LogP contribution is -2.32. The number of methoxy groups -OCH3 is 2. The van der Waals surface area contributed by atoms with Gasteiger partial charge in [-0.25, -0.2) is 25.5 Å². The third-order valence-electron chi connectivity index (χ3n) is 6.61. The summed E-state index contributed by atoms with van der Waals surface area (Å²) in [6.07, 6.45) is 2.50. The molecule has 0 spiro atoms. The second-order valence-corrected chi connectivity index (χ2v) is 8.36. The molecule has 0 radical (unpaired) electrons. The molecular weight excluding hydrogens is 450 g/mol. The van der Waals surface area contributed by atoms with E-state index in [4.69, 9.17) is 33.1 Å². The maximum absolute atomic E-state index is 14.4. The highest BCUT2D eigenvalue weighted by Crippen LogP contribution is 2.45. The highest BCUT2D eigenvalue weighted by Gasteiger charge is 2.48. The molecule has 0 N–H and O–H groups in total. The standard InChI is InChI=1S/C14H13FN2O.C13H9FN2O/c1-14(11(8-16)17-2)7-6-9-4-5-10(18-3)13(15)12(9)14;1-16-10(7-15)9-5-3-8-4-6-11(17-2)13(14)12(8)9/h4-5,11H,6-7H2,1,3H3;4,6H,3,5H2,2H3/b;10-9-. The van der Waals surface area contributed by atoms with E-state index in [0.29, 0.717) is 42.4 Å². The number of benzene rings is 2. The summed E-state index contributed by atoms with van der Waals surface area (Å²) in [5.74, 6) is -0.596. The summed E-state index contributed by atoms with van der Waals surface area (Å²) in [7, 11) is 2.80. The molecule has 0 amide bonds. The Labute approximate surface area is 203 Å². The summed E-state index contributed by atoms with van der Waals surface area (Å²) < 4.78 is 38.3. The number of halogens is 2. The normalized spacial score (nSPS) is 19.3. The third-order valence-corrected chi connectivity index (χ3v) is 6.61. The van der Waals surface area contributed by atoms with Gasteiger partial charge in [0.2, 0.25) is 0 Å². The van der Waals surface area contributed by atoms with Crippen LogP contribution in [-0.4, -0.2) is 20.3 Å². The van der Waals surface area contributed by atoms with Gasteiger partial charge in [-0.1, -0.05) is 12.1 Å². The van der Waals surface area contributed by atoms with Crippen molar-refractivity contribution >= 4 is 5.57 Å². The predicted octanol–water partition coefficient (Wildman–Crippen LogP) is 5.78. The molecule has 6 nitrogen and oxygen atoms in total. The van der Waals surface area contributed by atoms with E-state index < -0.39 is 23.1 Å². The van der Waals surface area contributed by atoms with Crippen LogP contribution >= 0.6 is 0 Å². The smallest absolute Gasteiger partial charge is 0.316 e. The molecule has 2 aromatic carbocycles. The lowest BCUT2D eigenvalue weighted by atomic mass is 9.77. The minimum atomic E-state index is -0.861. The fourth-order valence-electron chi connectivity index (χ4n) is 4.76. The van der Waals surface area contributed by atoms with Crippen molar-refractivity contribution in [3.63, 3.8) is 0 Å². The van der Waals surface area contributed by atoms with E-state index in [2.05, 4.69) is 9.69 Å². The number of fused-ring (bicyclic) bond motifs is 2. The average Bonchev–Trinajstić information content (AvgIpc) is 3.45. The minimum absolute atomic E-state index is 0.0316. The number of hydrogen-bond donors (Lipinski definition) is 0. The zero-order chi connectivity index (χ0) is 25.8. The second kappa shape index (κ2) is 10.3. The Hall–Kier alpha value is -4.40. The second-order valence-electron chi connectivity index (χ2n) is 8.36. The summed E-state index contributed by atoms with van der Waals surface area (Å²) >= 11 is 0. The third kappa shape index (κ3) is 4.28. The van der Waals surface area contributed by atoms with Gasteiger partial charge in [0.15, 0.2) is 29.2 Å². The first-order valence-electron chi connectivity index (χ1n) is 10.8. The number of allylic oxidation sites excluding steroid dienone is 2. The number of nitriles is 2.